The maximum atomic E-state index is 5.25. The number of aromatic nitrogens is 1. The second kappa shape index (κ2) is 3.07. The minimum absolute atomic E-state index is 0.904. The van der Waals surface area contributed by atoms with Crippen LogP contribution < -0.4 is 4.74 Å². The molecule has 0 bridgehead atoms. The number of benzene rings is 1. The highest BCUT2D eigenvalue weighted by Gasteiger charge is 2.07. The van der Waals surface area contributed by atoms with Gasteiger partial charge in [-0.05, 0) is 35.0 Å². The van der Waals surface area contributed by atoms with Crippen LogP contribution in [0.15, 0.2) is 22.8 Å². The Bertz CT molecular complexity index is 447. The second-order valence-corrected chi connectivity index (χ2v) is 3.81. The van der Waals surface area contributed by atoms with Crippen LogP contribution >= 0.6 is 15.9 Å². The number of aromatic amines is 1. The standard InChI is InChI=1S/C10H10BrNO/c1-6-9(13-2)5-8(11)7-3-4-12-10(6)7/h3-5,12H,1-2H3. The Kier molecular flexibility index (Phi) is 2.04. The maximum absolute atomic E-state index is 5.25. The number of fused-ring (bicyclic) bond motifs is 1. The molecule has 0 atom stereocenters. The molecule has 13 heavy (non-hydrogen) atoms. The first-order valence-corrected chi connectivity index (χ1v) is 4.83. The number of nitrogens with one attached hydrogen (secondary N) is 1. The van der Waals surface area contributed by atoms with Gasteiger partial charge in [-0.15, -0.1) is 0 Å². The molecule has 1 aromatic heterocycles. The first-order chi connectivity index (χ1) is 6.24. The van der Waals surface area contributed by atoms with Crippen LogP contribution in [0.3, 0.4) is 0 Å². The molecule has 68 valence electrons. The lowest BCUT2D eigenvalue weighted by Gasteiger charge is -2.06. The minimum atomic E-state index is 0.904. The molecule has 0 aliphatic rings. The van der Waals surface area contributed by atoms with Crippen molar-refractivity contribution in [3.63, 3.8) is 0 Å². The van der Waals surface area contributed by atoms with Gasteiger partial charge in [0.1, 0.15) is 5.75 Å². The molecule has 0 unspecified atom stereocenters. The lowest BCUT2D eigenvalue weighted by molar-refractivity contribution is 0.412. The zero-order valence-corrected chi connectivity index (χ0v) is 9.10. The molecule has 3 heteroatoms. The average molecular weight is 240 g/mol. The van der Waals surface area contributed by atoms with Crippen molar-refractivity contribution in [2.75, 3.05) is 7.11 Å². The van der Waals surface area contributed by atoms with E-state index < -0.39 is 0 Å². The highest BCUT2D eigenvalue weighted by molar-refractivity contribution is 9.10. The van der Waals surface area contributed by atoms with E-state index >= 15 is 0 Å². The molecule has 0 aliphatic heterocycles. The number of hydrogen-bond donors (Lipinski definition) is 1. The first kappa shape index (κ1) is 8.63. The van der Waals surface area contributed by atoms with Crippen molar-refractivity contribution < 1.29 is 4.74 Å². The van der Waals surface area contributed by atoms with E-state index in [4.69, 9.17) is 4.74 Å². The summed E-state index contributed by atoms with van der Waals surface area (Å²) in [7, 11) is 1.68. The Balaban J connectivity index is 2.85. The molecule has 1 N–H and O–H groups in total. The molecule has 2 aromatic rings. The maximum Gasteiger partial charge on any atom is 0.125 e. The molecule has 0 saturated carbocycles. The van der Waals surface area contributed by atoms with Gasteiger partial charge >= 0.3 is 0 Å². The van der Waals surface area contributed by atoms with Crippen molar-refractivity contribution in [3.8, 4) is 5.75 Å². The number of aryl methyl sites for hydroxylation is 1. The fourth-order valence-corrected chi connectivity index (χ4v) is 2.05. The van der Waals surface area contributed by atoms with Crippen molar-refractivity contribution in [2.45, 2.75) is 6.92 Å². The third kappa shape index (κ3) is 1.23. The molecular formula is C10H10BrNO. The normalized spacial score (nSPS) is 10.7. The monoisotopic (exact) mass is 239 g/mol. The zero-order chi connectivity index (χ0) is 9.42. The summed E-state index contributed by atoms with van der Waals surface area (Å²) in [6.45, 7) is 2.05. The van der Waals surface area contributed by atoms with E-state index in [-0.39, 0.29) is 0 Å². The highest BCUT2D eigenvalue weighted by Crippen LogP contribution is 2.32. The summed E-state index contributed by atoms with van der Waals surface area (Å²) < 4.78 is 6.31. The SMILES string of the molecule is COc1cc(Br)c2cc[nH]c2c1C. The van der Waals surface area contributed by atoms with Gasteiger partial charge in [0.25, 0.3) is 0 Å². The lowest BCUT2D eigenvalue weighted by Crippen LogP contribution is -1.88. The summed E-state index contributed by atoms with van der Waals surface area (Å²) in [4.78, 5) is 3.19. The molecule has 1 heterocycles. The third-order valence-corrected chi connectivity index (χ3v) is 2.88. The van der Waals surface area contributed by atoms with Crippen LogP contribution in [-0.4, -0.2) is 12.1 Å². The smallest absolute Gasteiger partial charge is 0.125 e. The fraction of sp³-hybridized carbons (Fsp3) is 0.200. The summed E-state index contributed by atoms with van der Waals surface area (Å²) >= 11 is 3.50. The molecule has 0 spiro atoms. The Morgan fingerprint density at radius 3 is 2.92 bits per heavy atom. The Morgan fingerprint density at radius 2 is 2.23 bits per heavy atom. The van der Waals surface area contributed by atoms with Crippen LogP contribution in [0.1, 0.15) is 5.56 Å². The van der Waals surface area contributed by atoms with Gasteiger partial charge < -0.3 is 9.72 Å². The van der Waals surface area contributed by atoms with Crippen molar-refractivity contribution in [1.82, 2.24) is 4.98 Å². The van der Waals surface area contributed by atoms with Crippen LogP contribution in [0.2, 0.25) is 0 Å². The van der Waals surface area contributed by atoms with Crippen LogP contribution in [0.25, 0.3) is 10.9 Å². The van der Waals surface area contributed by atoms with E-state index in [1.807, 2.05) is 25.3 Å². The molecule has 0 radical (unpaired) electrons. The predicted molar refractivity (Wildman–Crippen MR) is 57.3 cm³/mol. The molecule has 2 nitrogen and oxygen atoms in total. The van der Waals surface area contributed by atoms with Crippen molar-refractivity contribution in [1.29, 1.82) is 0 Å². The number of ether oxygens (including phenoxy) is 1. The number of halogens is 1. The predicted octanol–water partition coefficient (Wildman–Crippen LogP) is 3.25. The molecule has 0 fully saturated rings. The number of rotatable bonds is 1. The quantitative estimate of drug-likeness (QED) is 0.813. The Morgan fingerprint density at radius 1 is 1.46 bits per heavy atom. The molecule has 0 amide bonds. The van der Waals surface area contributed by atoms with Crippen molar-refractivity contribution >= 4 is 26.8 Å². The summed E-state index contributed by atoms with van der Waals surface area (Å²) in [6.07, 6.45) is 1.93. The van der Waals surface area contributed by atoms with E-state index in [2.05, 4.69) is 20.9 Å². The number of H-pyrrole nitrogens is 1. The van der Waals surface area contributed by atoms with Crippen LogP contribution in [0.4, 0.5) is 0 Å². The van der Waals surface area contributed by atoms with Gasteiger partial charge in [0.15, 0.2) is 0 Å². The van der Waals surface area contributed by atoms with Gasteiger partial charge in [-0.1, -0.05) is 0 Å². The third-order valence-electron chi connectivity index (χ3n) is 2.23. The van der Waals surface area contributed by atoms with Crippen LogP contribution in [0.5, 0.6) is 5.75 Å². The molecule has 2 rings (SSSR count). The second-order valence-electron chi connectivity index (χ2n) is 2.95. The summed E-state index contributed by atoms with van der Waals surface area (Å²) in [5.41, 5.74) is 2.27. The van der Waals surface area contributed by atoms with Gasteiger partial charge in [-0.25, -0.2) is 0 Å². The first-order valence-electron chi connectivity index (χ1n) is 4.04. The Labute approximate surface area is 85.0 Å². The van der Waals surface area contributed by atoms with Gasteiger partial charge in [0.05, 0.1) is 12.6 Å². The summed E-state index contributed by atoms with van der Waals surface area (Å²) in [5, 5.41) is 1.19. The lowest BCUT2D eigenvalue weighted by atomic mass is 10.1. The van der Waals surface area contributed by atoms with E-state index in [1.54, 1.807) is 7.11 Å². The van der Waals surface area contributed by atoms with E-state index in [9.17, 15) is 0 Å². The van der Waals surface area contributed by atoms with Crippen LogP contribution in [0, 0.1) is 6.92 Å². The molecular weight excluding hydrogens is 230 g/mol. The topological polar surface area (TPSA) is 25.0 Å². The van der Waals surface area contributed by atoms with E-state index in [0.29, 0.717) is 0 Å². The molecule has 0 aliphatic carbocycles. The largest absolute Gasteiger partial charge is 0.496 e. The fourth-order valence-electron chi connectivity index (χ4n) is 1.52. The zero-order valence-electron chi connectivity index (χ0n) is 7.52. The van der Waals surface area contributed by atoms with Crippen molar-refractivity contribution in [3.05, 3.63) is 28.4 Å². The molecule has 0 saturated heterocycles. The van der Waals surface area contributed by atoms with Crippen LogP contribution in [-0.2, 0) is 0 Å². The van der Waals surface area contributed by atoms with E-state index in [1.165, 1.54) is 5.39 Å². The minimum Gasteiger partial charge on any atom is -0.496 e. The number of hydrogen-bond acceptors (Lipinski definition) is 1. The van der Waals surface area contributed by atoms with E-state index in [0.717, 1.165) is 21.3 Å². The summed E-state index contributed by atoms with van der Waals surface area (Å²) in [6, 6.07) is 4.04. The average Bonchev–Trinajstić information content (AvgIpc) is 2.60. The highest BCUT2D eigenvalue weighted by atomic mass is 79.9. The molecule has 1 aromatic carbocycles. The summed E-state index contributed by atoms with van der Waals surface area (Å²) in [5.74, 6) is 0.904. The van der Waals surface area contributed by atoms with Gasteiger partial charge in [-0.3, -0.25) is 0 Å². The van der Waals surface area contributed by atoms with Gasteiger partial charge in [0.2, 0.25) is 0 Å². The van der Waals surface area contributed by atoms with Crippen molar-refractivity contribution in [2.24, 2.45) is 0 Å². The van der Waals surface area contributed by atoms with Gasteiger partial charge in [0, 0.05) is 21.6 Å². The van der Waals surface area contributed by atoms with Gasteiger partial charge in [-0.2, -0.15) is 0 Å². The Hall–Kier alpha value is -0.960. The number of methoxy groups -OCH3 is 1.